The summed E-state index contributed by atoms with van der Waals surface area (Å²) in [4.78, 5) is 17.9. The lowest BCUT2D eigenvalue weighted by Gasteiger charge is -2.05. The monoisotopic (exact) mass is 316 g/mol. The highest BCUT2D eigenvalue weighted by Gasteiger charge is 2.09. The van der Waals surface area contributed by atoms with E-state index in [0.717, 1.165) is 0 Å². The summed E-state index contributed by atoms with van der Waals surface area (Å²) >= 11 is 8.92. The minimum atomic E-state index is -0.414. The van der Waals surface area contributed by atoms with Crippen molar-refractivity contribution in [2.75, 3.05) is 0 Å². The Bertz CT molecular complexity index is 594. The molecule has 17 heavy (non-hydrogen) atoms. The van der Waals surface area contributed by atoms with Crippen molar-refractivity contribution in [1.82, 2.24) is 9.97 Å². The molecule has 2 aromatic rings. The van der Waals surface area contributed by atoms with Crippen molar-refractivity contribution >= 4 is 27.5 Å². The quantitative estimate of drug-likeness (QED) is 0.925. The van der Waals surface area contributed by atoms with Crippen molar-refractivity contribution in [1.29, 1.82) is 0 Å². The highest BCUT2D eigenvalue weighted by molar-refractivity contribution is 9.10. The Morgan fingerprint density at radius 3 is 2.88 bits per heavy atom. The maximum Gasteiger partial charge on any atom is 0.265 e. The molecule has 1 aromatic heterocycles. The van der Waals surface area contributed by atoms with Gasteiger partial charge in [0, 0.05) is 23.2 Å². The average Bonchev–Trinajstić information content (AvgIpc) is 2.28. The number of hydrogen-bond donors (Lipinski definition) is 1. The van der Waals surface area contributed by atoms with Crippen LogP contribution in [-0.4, -0.2) is 9.97 Å². The van der Waals surface area contributed by atoms with Gasteiger partial charge in [0.25, 0.3) is 5.56 Å². The van der Waals surface area contributed by atoms with E-state index in [4.69, 9.17) is 11.6 Å². The summed E-state index contributed by atoms with van der Waals surface area (Å²) in [6.45, 7) is 0. The van der Waals surface area contributed by atoms with Crippen molar-refractivity contribution in [2.24, 2.45) is 0 Å². The van der Waals surface area contributed by atoms with Gasteiger partial charge in [-0.3, -0.25) is 4.79 Å². The number of aromatic nitrogens is 2. The largest absolute Gasteiger partial charge is 0.309 e. The van der Waals surface area contributed by atoms with Crippen molar-refractivity contribution in [2.45, 2.75) is 6.42 Å². The summed E-state index contributed by atoms with van der Waals surface area (Å²) in [7, 11) is 0. The van der Waals surface area contributed by atoms with E-state index in [1.165, 1.54) is 18.3 Å². The zero-order valence-electron chi connectivity index (χ0n) is 8.51. The fourth-order valence-corrected chi connectivity index (χ4v) is 1.81. The molecule has 1 aromatic carbocycles. The molecule has 0 unspecified atom stereocenters. The number of halogens is 3. The molecule has 0 atom stereocenters. The fourth-order valence-electron chi connectivity index (χ4n) is 1.37. The van der Waals surface area contributed by atoms with Gasteiger partial charge in [-0.2, -0.15) is 0 Å². The molecule has 0 bridgehead atoms. The van der Waals surface area contributed by atoms with Crippen LogP contribution >= 0.6 is 27.5 Å². The van der Waals surface area contributed by atoms with Crippen LogP contribution in [0.4, 0.5) is 4.39 Å². The second kappa shape index (κ2) is 4.98. The van der Waals surface area contributed by atoms with E-state index < -0.39 is 5.82 Å². The molecule has 0 aliphatic heterocycles. The molecular formula is C11H7BrClFN2O. The lowest BCUT2D eigenvalue weighted by atomic mass is 10.1. The van der Waals surface area contributed by atoms with Crippen LogP contribution in [0, 0.1) is 5.82 Å². The van der Waals surface area contributed by atoms with Crippen LogP contribution in [0.2, 0.25) is 5.02 Å². The first kappa shape index (κ1) is 12.3. The Labute approximate surface area is 110 Å². The van der Waals surface area contributed by atoms with Crippen LogP contribution in [0.25, 0.3) is 0 Å². The predicted octanol–water partition coefficient (Wildman–Crippen LogP) is 2.92. The van der Waals surface area contributed by atoms with Gasteiger partial charge in [0.2, 0.25) is 0 Å². The van der Waals surface area contributed by atoms with Crippen LogP contribution in [0.5, 0.6) is 0 Å². The molecule has 1 heterocycles. The second-order valence-corrected chi connectivity index (χ2v) is 4.65. The zero-order chi connectivity index (χ0) is 12.4. The maximum atomic E-state index is 13.5. The molecule has 0 radical (unpaired) electrons. The third-order valence-electron chi connectivity index (χ3n) is 2.21. The molecule has 1 N–H and O–H groups in total. The van der Waals surface area contributed by atoms with E-state index in [0.29, 0.717) is 20.9 Å². The molecule has 88 valence electrons. The highest BCUT2D eigenvalue weighted by Crippen LogP contribution is 2.20. The lowest BCUT2D eigenvalue weighted by molar-refractivity contribution is 0.612. The minimum Gasteiger partial charge on any atom is -0.309 e. The molecular weight excluding hydrogens is 310 g/mol. The SMILES string of the molecule is O=c1[nH]c(Cc2c(F)cccc2Cl)ncc1Br. The van der Waals surface area contributed by atoms with Gasteiger partial charge in [-0.25, -0.2) is 9.37 Å². The first-order chi connectivity index (χ1) is 8.08. The van der Waals surface area contributed by atoms with E-state index in [-0.39, 0.29) is 12.0 Å². The molecule has 6 heteroatoms. The number of aromatic amines is 1. The number of hydrogen-bond acceptors (Lipinski definition) is 2. The maximum absolute atomic E-state index is 13.5. The summed E-state index contributed by atoms with van der Waals surface area (Å²) in [5, 5.41) is 0.315. The third kappa shape index (κ3) is 2.73. The smallest absolute Gasteiger partial charge is 0.265 e. The van der Waals surface area contributed by atoms with E-state index in [1.807, 2.05) is 0 Å². The molecule has 0 fully saturated rings. The van der Waals surface area contributed by atoms with Gasteiger partial charge in [-0.05, 0) is 28.1 Å². The van der Waals surface area contributed by atoms with Crippen molar-refractivity contribution in [3.05, 3.63) is 61.5 Å². The summed E-state index contributed by atoms with van der Waals surface area (Å²) in [5.41, 5.74) is 0.0158. The number of benzene rings is 1. The summed E-state index contributed by atoms with van der Waals surface area (Å²) in [6.07, 6.45) is 1.52. The summed E-state index contributed by atoms with van der Waals surface area (Å²) < 4.78 is 13.8. The van der Waals surface area contributed by atoms with Gasteiger partial charge in [0.1, 0.15) is 16.1 Å². The van der Waals surface area contributed by atoms with Gasteiger partial charge >= 0.3 is 0 Å². The lowest BCUT2D eigenvalue weighted by Crippen LogP contribution is -2.12. The molecule has 0 aliphatic carbocycles. The van der Waals surface area contributed by atoms with Gasteiger partial charge < -0.3 is 4.98 Å². The van der Waals surface area contributed by atoms with Gasteiger partial charge in [0.15, 0.2) is 0 Å². The van der Waals surface area contributed by atoms with E-state index in [2.05, 4.69) is 25.9 Å². The van der Waals surface area contributed by atoms with Gasteiger partial charge in [0.05, 0.1) is 0 Å². The Hall–Kier alpha value is -1.20. The molecule has 0 saturated carbocycles. The molecule has 0 saturated heterocycles. The van der Waals surface area contributed by atoms with Crippen molar-refractivity contribution in [3.63, 3.8) is 0 Å². The fraction of sp³-hybridized carbons (Fsp3) is 0.0909. The summed E-state index contributed by atoms with van der Waals surface area (Å²) in [6, 6.07) is 4.44. The van der Waals surface area contributed by atoms with Crippen LogP contribution in [0.1, 0.15) is 11.4 Å². The second-order valence-electron chi connectivity index (χ2n) is 3.38. The Kier molecular flexibility index (Phi) is 3.59. The Balaban J connectivity index is 2.38. The van der Waals surface area contributed by atoms with E-state index in [1.54, 1.807) is 6.07 Å². The molecule has 0 spiro atoms. The van der Waals surface area contributed by atoms with Gasteiger partial charge in [-0.15, -0.1) is 0 Å². The van der Waals surface area contributed by atoms with E-state index >= 15 is 0 Å². The molecule has 0 amide bonds. The predicted molar refractivity (Wildman–Crippen MR) is 66.8 cm³/mol. The zero-order valence-corrected chi connectivity index (χ0v) is 10.8. The number of nitrogens with one attached hydrogen (secondary N) is 1. The molecule has 3 nitrogen and oxygen atoms in total. The molecule has 0 aliphatic rings. The summed E-state index contributed by atoms with van der Waals surface area (Å²) in [5.74, 6) is -0.0479. The standard InChI is InChI=1S/C11H7BrClFN2O/c12-7-5-15-10(16-11(7)17)4-6-8(13)2-1-3-9(6)14/h1-3,5H,4H2,(H,15,16,17). The topological polar surface area (TPSA) is 45.8 Å². The molecule has 2 rings (SSSR count). The average molecular weight is 318 g/mol. The first-order valence-corrected chi connectivity index (χ1v) is 5.91. The van der Waals surface area contributed by atoms with Gasteiger partial charge in [-0.1, -0.05) is 17.7 Å². The van der Waals surface area contributed by atoms with Crippen LogP contribution in [0.3, 0.4) is 0 Å². The van der Waals surface area contributed by atoms with E-state index in [9.17, 15) is 9.18 Å². The number of H-pyrrole nitrogens is 1. The number of nitrogens with zero attached hydrogens (tertiary/aromatic N) is 1. The van der Waals surface area contributed by atoms with Crippen LogP contribution in [0.15, 0.2) is 33.7 Å². The Morgan fingerprint density at radius 1 is 1.47 bits per heavy atom. The van der Waals surface area contributed by atoms with Crippen molar-refractivity contribution < 1.29 is 4.39 Å². The first-order valence-electron chi connectivity index (χ1n) is 4.74. The highest BCUT2D eigenvalue weighted by atomic mass is 79.9. The Morgan fingerprint density at radius 2 is 2.24 bits per heavy atom. The van der Waals surface area contributed by atoms with Crippen LogP contribution in [-0.2, 0) is 6.42 Å². The van der Waals surface area contributed by atoms with Crippen molar-refractivity contribution in [3.8, 4) is 0 Å². The number of rotatable bonds is 2. The third-order valence-corrected chi connectivity index (χ3v) is 3.13. The minimum absolute atomic E-state index is 0.147. The normalized spacial score (nSPS) is 10.5. The van der Waals surface area contributed by atoms with Crippen LogP contribution < -0.4 is 5.56 Å².